The van der Waals surface area contributed by atoms with Crippen LogP contribution < -0.4 is 5.73 Å². The summed E-state index contributed by atoms with van der Waals surface area (Å²) in [5.41, 5.74) is 5.64. The Morgan fingerprint density at radius 2 is 2.25 bits per heavy atom. The summed E-state index contributed by atoms with van der Waals surface area (Å²) in [5.74, 6) is 0.156. The Morgan fingerprint density at radius 1 is 1.56 bits per heavy atom. The quantitative estimate of drug-likeness (QED) is 0.852. The van der Waals surface area contributed by atoms with Crippen molar-refractivity contribution in [2.45, 2.75) is 20.3 Å². The van der Waals surface area contributed by atoms with Crippen LogP contribution in [0.3, 0.4) is 0 Å². The monoisotopic (exact) mass is 240 g/mol. The predicted octanol–water partition coefficient (Wildman–Crippen LogP) is 1.73. The normalized spacial score (nSPS) is 11.5. The van der Waals surface area contributed by atoms with Crippen molar-refractivity contribution < 1.29 is 4.79 Å². The fourth-order valence-corrected chi connectivity index (χ4v) is 2.19. The second-order valence-corrected chi connectivity index (χ2v) is 5.91. The lowest BCUT2D eigenvalue weighted by Gasteiger charge is -2.29. The zero-order chi connectivity index (χ0) is 12.2. The highest BCUT2D eigenvalue weighted by Crippen LogP contribution is 2.15. The molecule has 1 heterocycles. The van der Waals surface area contributed by atoms with Gasteiger partial charge in [-0.1, -0.05) is 19.9 Å². The molecule has 0 aliphatic carbocycles. The number of hydrogen-bond acceptors (Lipinski definition) is 3. The number of amides is 1. The first-order valence-electron chi connectivity index (χ1n) is 5.41. The minimum Gasteiger partial charge on any atom is -0.345 e. The van der Waals surface area contributed by atoms with E-state index in [1.165, 1.54) is 0 Å². The van der Waals surface area contributed by atoms with Crippen molar-refractivity contribution in [1.29, 1.82) is 0 Å². The molecule has 0 saturated carbocycles. The molecule has 0 aliphatic heterocycles. The van der Waals surface area contributed by atoms with E-state index in [0.717, 1.165) is 4.88 Å². The number of nitrogens with zero attached hydrogens (tertiary/aromatic N) is 1. The van der Waals surface area contributed by atoms with Crippen LogP contribution in [0, 0.1) is 5.41 Å². The van der Waals surface area contributed by atoms with Gasteiger partial charge in [0.25, 0.3) is 0 Å². The van der Waals surface area contributed by atoms with E-state index >= 15 is 0 Å². The third-order valence-corrected chi connectivity index (χ3v) is 3.43. The van der Waals surface area contributed by atoms with Crippen LogP contribution in [0.25, 0.3) is 0 Å². The van der Waals surface area contributed by atoms with Gasteiger partial charge in [-0.3, -0.25) is 4.79 Å². The molecule has 0 aliphatic rings. The molecule has 0 fully saturated rings. The Labute approximate surface area is 101 Å². The van der Waals surface area contributed by atoms with E-state index in [2.05, 4.69) is 13.8 Å². The van der Waals surface area contributed by atoms with Gasteiger partial charge >= 0.3 is 0 Å². The third kappa shape index (κ3) is 3.94. The Kier molecular flexibility index (Phi) is 4.50. The van der Waals surface area contributed by atoms with Crippen molar-refractivity contribution >= 4 is 17.2 Å². The molecule has 1 rings (SSSR count). The van der Waals surface area contributed by atoms with Crippen molar-refractivity contribution in [2.75, 3.05) is 20.1 Å². The van der Waals surface area contributed by atoms with Crippen LogP contribution in [0.15, 0.2) is 17.5 Å². The molecule has 0 radical (unpaired) electrons. The zero-order valence-electron chi connectivity index (χ0n) is 10.2. The number of thiophene rings is 1. The van der Waals surface area contributed by atoms with Crippen molar-refractivity contribution in [3.63, 3.8) is 0 Å². The van der Waals surface area contributed by atoms with Gasteiger partial charge in [-0.05, 0) is 23.4 Å². The van der Waals surface area contributed by atoms with Crippen molar-refractivity contribution in [3.05, 3.63) is 22.4 Å². The van der Waals surface area contributed by atoms with Gasteiger partial charge < -0.3 is 10.6 Å². The predicted molar refractivity (Wildman–Crippen MR) is 68.5 cm³/mol. The largest absolute Gasteiger partial charge is 0.345 e. The minimum absolute atomic E-state index is 0.0140. The highest BCUT2D eigenvalue weighted by Gasteiger charge is 2.21. The van der Waals surface area contributed by atoms with Gasteiger partial charge in [0.15, 0.2) is 0 Å². The summed E-state index contributed by atoms with van der Waals surface area (Å²) in [7, 11) is 1.84. The molecule has 0 spiro atoms. The van der Waals surface area contributed by atoms with E-state index in [1.807, 2.05) is 24.6 Å². The Bertz CT molecular complexity index is 333. The van der Waals surface area contributed by atoms with E-state index < -0.39 is 0 Å². The number of carbonyl (C=O) groups excluding carboxylic acids is 1. The molecule has 4 heteroatoms. The smallest absolute Gasteiger partial charge is 0.227 e. The summed E-state index contributed by atoms with van der Waals surface area (Å²) in [4.78, 5) is 14.8. The molecule has 0 bridgehead atoms. The highest BCUT2D eigenvalue weighted by atomic mass is 32.1. The van der Waals surface area contributed by atoms with E-state index in [-0.39, 0.29) is 11.3 Å². The first-order chi connectivity index (χ1) is 7.44. The fourth-order valence-electron chi connectivity index (χ4n) is 1.49. The lowest BCUT2D eigenvalue weighted by Crippen LogP contribution is -2.40. The molecule has 3 nitrogen and oxygen atoms in total. The van der Waals surface area contributed by atoms with Gasteiger partial charge in [0.2, 0.25) is 5.91 Å². The average molecular weight is 240 g/mol. The zero-order valence-corrected chi connectivity index (χ0v) is 11.0. The van der Waals surface area contributed by atoms with E-state index in [4.69, 9.17) is 5.73 Å². The number of rotatable bonds is 5. The van der Waals surface area contributed by atoms with E-state index in [9.17, 15) is 4.79 Å². The molecule has 90 valence electrons. The van der Waals surface area contributed by atoms with Crippen LogP contribution >= 0.6 is 11.3 Å². The first kappa shape index (κ1) is 13.2. The average Bonchev–Trinajstić information content (AvgIpc) is 2.69. The van der Waals surface area contributed by atoms with Crippen molar-refractivity contribution in [2.24, 2.45) is 11.1 Å². The maximum absolute atomic E-state index is 11.9. The third-order valence-electron chi connectivity index (χ3n) is 2.55. The van der Waals surface area contributed by atoms with Gasteiger partial charge in [-0.15, -0.1) is 11.3 Å². The van der Waals surface area contributed by atoms with E-state index in [1.54, 1.807) is 16.2 Å². The molecule has 0 saturated heterocycles. The first-order valence-corrected chi connectivity index (χ1v) is 6.29. The maximum Gasteiger partial charge on any atom is 0.227 e. The Hall–Kier alpha value is -0.870. The molecule has 1 aromatic heterocycles. The van der Waals surface area contributed by atoms with Crippen LogP contribution in [0.2, 0.25) is 0 Å². The molecule has 0 aromatic carbocycles. The van der Waals surface area contributed by atoms with E-state index in [0.29, 0.717) is 19.5 Å². The van der Waals surface area contributed by atoms with Crippen molar-refractivity contribution in [3.8, 4) is 0 Å². The molecular formula is C12H20N2OS. The highest BCUT2D eigenvalue weighted by molar-refractivity contribution is 7.10. The lowest BCUT2D eigenvalue weighted by molar-refractivity contribution is -0.130. The lowest BCUT2D eigenvalue weighted by atomic mass is 9.93. The second kappa shape index (κ2) is 5.46. The number of hydrogen-bond donors (Lipinski definition) is 1. The Balaban J connectivity index is 2.48. The molecular weight excluding hydrogens is 220 g/mol. The molecule has 1 aromatic rings. The standard InChI is InChI=1S/C12H20N2OS/c1-12(2,8-13)9-14(3)11(15)7-10-5-4-6-16-10/h4-6H,7-9,13H2,1-3H3. The molecule has 16 heavy (non-hydrogen) atoms. The van der Waals surface area contributed by atoms with Gasteiger partial charge in [0.05, 0.1) is 6.42 Å². The SMILES string of the molecule is CN(CC(C)(C)CN)C(=O)Cc1cccs1. The van der Waals surface area contributed by atoms with Gasteiger partial charge in [0, 0.05) is 18.5 Å². The van der Waals surface area contributed by atoms with Crippen LogP contribution in [0.4, 0.5) is 0 Å². The van der Waals surface area contributed by atoms with Crippen molar-refractivity contribution in [1.82, 2.24) is 4.90 Å². The Morgan fingerprint density at radius 3 is 2.75 bits per heavy atom. The number of nitrogens with two attached hydrogens (primary N) is 1. The number of likely N-dealkylation sites (N-methyl/N-ethyl adjacent to an activating group) is 1. The molecule has 2 N–H and O–H groups in total. The summed E-state index contributed by atoms with van der Waals surface area (Å²) in [5, 5.41) is 1.99. The minimum atomic E-state index is -0.0140. The van der Waals surface area contributed by atoms with Crippen LogP contribution in [-0.2, 0) is 11.2 Å². The molecule has 1 amide bonds. The number of carbonyl (C=O) groups is 1. The van der Waals surface area contributed by atoms with Gasteiger partial charge in [-0.2, -0.15) is 0 Å². The van der Waals surface area contributed by atoms with Crippen LogP contribution in [0.1, 0.15) is 18.7 Å². The summed E-state index contributed by atoms with van der Waals surface area (Å²) in [6.07, 6.45) is 0.495. The summed E-state index contributed by atoms with van der Waals surface area (Å²) >= 11 is 1.62. The summed E-state index contributed by atoms with van der Waals surface area (Å²) in [6.45, 7) is 5.43. The fraction of sp³-hybridized carbons (Fsp3) is 0.583. The van der Waals surface area contributed by atoms with Crippen LogP contribution in [-0.4, -0.2) is 30.9 Å². The molecule has 0 atom stereocenters. The van der Waals surface area contributed by atoms with Crippen LogP contribution in [0.5, 0.6) is 0 Å². The second-order valence-electron chi connectivity index (χ2n) is 4.87. The summed E-state index contributed by atoms with van der Waals surface area (Å²) < 4.78 is 0. The van der Waals surface area contributed by atoms with Gasteiger partial charge in [0.1, 0.15) is 0 Å². The molecule has 0 unspecified atom stereocenters. The van der Waals surface area contributed by atoms with Gasteiger partial charge in [-0.25, -0.2) is 0 Å². The maximum atomic E-state index is 11.9. The summed E-state index contributed by atoms with van der Waals surface area (Å²) in [6, 6.07) is 3.96. The topological polar surface area (TPSA) is 46.3 Å².